The second-order valence-corrected chi connectivity index (χ2v) is 15.6. The van der Waals surface area contributed by atoms with Gasteiger partial charge < -0.3 is 15.1 Å². The van der Waals surface area contributed by atoms with Crippen molar-refractivity contribution >= 4 is 51.8 Å². The zero-order valence-corrected chi connectivity index (χ0v) is 31.4. The molecule has 4 aromatic rings. The summed E-state index contributed by atoms with van der Waals surface area (Å²) in [5, 5.41) is 6.46. The maximum absolute atomic E-state index is 13.6. The van der Waals surface area contributed by atoms with Crippen LogP contribution in [-0.2, 0) is 15.0 Å². The van der Waals surface area contributed by atoms with Gasteiger partial charge in [0.05, 0.1) is 22.9 Å². The Morgan fingerprint density at radius 3 is 2.17 bits per heavy atom. The molecule has 6 heterocycles. The van der Waals surface area contributed by atoms with E-state index in [0.29, 0.717) is 41.9 Å². The number of rotatable bonds is 8. The summed E-state index contributed by atoms with van der Waals surface area (Å²) in [6.07, 6.45) is 10.6. The highest BCUT2D eigenvalue weighted by Gasteiger charge is 2.40. The Balaban J connectivity index is 0.859. The minimum absolute atomic E-state index is 0.0228. The predicted molar refractivity (Wildman–Crippen MR) is 209 cm³/mol. The first-order valence-corrected chi connectivity index (χ1v) is 19.4. The van der Waals surface area contributed by atoms with Crippen LogP contribution in [0.3, 0.4) is 0 Å². The number of aryl methyl sites for hydroxylation is 1. The summed E-state index contributed by atoms with van der Waals surface area (Å²) < 4.78 is 1.73. The maximum Gasteiger partial charge on any atom is 0.263 e. The molecule has 2 amide bonds. The van der Waals surface area contributed by atoms with Crippen LogP contribution in [0.25, 0.3) is 11.0 Å². The van der Waals surface area contributed by atoms with Gasteiger partial charge in [-0.15, -0.1) is 0 Å². The molecular weight excluding hydrogens is 683 g/mol. The van der Waals surface area contributed by atoms with Crippen LogP contribution in [0.15, 0.2) is 53.6 Å². The molecule has 282 valence electrons. The molecule has 1 aliphatic carbocycles. The van der Waals surface area contributed by atoms with Crippen molar-refractivity contribution in [2.24, 2.45) is 0 Å². The van der Waals surface area contributed by atoms with Gasteiger partial charge in [-0.3, -0.25) is 34.0 Å². The normalized spacial score (nSPS) is 21.8. The predicted octanol–water partition coefficient (Wildman–Crippen LogP) is 5.04. The number of aromatic nitrogens is 4. The highest BCUT2D eigenvalue weighted by molar-refractivity contribution is 6.03. The van der Waals surface area contributed by atoms with Crippen molar-refractivity contribution in [3.05, 3.63) is 75.8 Å². The van der Waals surface area contributed by atoms with Gasteiger partial charge in [-0.05, 0) is 88.3 Å². The fourth-order valence-corrected chi connectivity index (χ4v) is 9.02. The highest BCUT2D eigenvalue weighted by Crippen LogP contribution is 2.35. The Morgan fingerprint density at radius 1 is 0.833 bits per heavy atom. The molecule has 0 bridgehead atoms. The maximum atomic E-state index is 13.6. The quantitative estimate of drug-likeness (QED) is 0.186. The summed E-state index contributed by atoms with van der Waals surface area (Å²) in [6, 6.07) is 12.9. The van der Waals surface area contributed by atoms with Gasteiger partial charge in [0.1, 0.15) is 11.5 Å². The van der Waals surface area contributed by atoms with Crippen LogP contribution in [0, 0.1) is 6.92 Å². The molecule has 2 N–H and O–H groups in total. The molecule has 3 saturated heterocycles. The molecular formula is C41H49N9O4. The summed E-state index contributed by atoms with van der Waals surface area (Å²) in [5.74, 6) is 0.353. The fourth-order valence-electron chi connectivity index (χ4n) is 9.02. The number of piperazine rings is 1. The molecule has 4 aliphatic rings. The topological polar surface area (TPSA) is 146 Å². The zero-order valence-electron chi connectivity index (χ0n) is 31.4. The number of hydrogen-bond acceptors (Lipinski definition) is 11. The third-order valence-electron chi connectivity index (χ3n) is 12.4. The van der Waals surface area contributed by atoms with E-state index < -0.39 is 5.41 Å². The molecule has 1 atom stereocenters. The lowest BCUT2D eigenvalue weighted by Crippen LogP contribution is -2.53. The number of carbonyl (C=O) groups excluding carboxylic acids is 3. The van der Waals surface area contributed by atoms with Crippen molar-refractivity contribution in [1.82, 2.24) is 29.7 Å². The van der Waals surface area contributed by atoms with Gasteiger partial charge in [0, 0.05) is 75.0 Å². The van der Waals surface area contributed by atoms with E-state index in [1.807, 2.05) is 31.3 Å². The standard InChI is InChI=1S/C41H49N9O4/c1-26-33-25-43-40(46-37(33)50(31-6-4-5-7-31)38(53)36(26)27(2)51)44-34-13-12-32(24-42-34)47-18-15-30(16-19-47)49-22-20-48(21-23-49)29-10-8-28(9-11-29)41(3)17-14-35(52)45-39(41)54/h8-13,24-25,30-31H,4-7,14-23H2,1-3H3,(H,45,52,54)(H,42,43,44,46)/t41-/m1/s1. The van der Waals surface area contributed by atoms with E-state index in [4.69, 9.17) is 9.97 Å². The van der Waals surface area contributed by atoms with Crippen LogP contribution in [0.1, 0.15) is 92.7 Å². The van der Waals surface area contributed by atoms with Crippen molar-refractivity contribution in [2.45, 2.75) is 89.6 Å². The van der Waals surface area contributed by atoms with Crippen LogP contribution in [0.5, 0.6) is 0 Å². The van der Waals surface area contributed by atoms with E-state index in [1.165, 1.54) is 12.6 Å². The van der Waals surface area contributed by atoms with Crippen molar-refractivity contribution < 1.29 is 14.4 Å². The Morgan fingerprint density at radius 2 is 1.52 bits per heavy atom. The molecule has 1 aromatic carbocycles. The highest BCUT2D eigenvalue weighted by atomic mass is 16.2. The molecule has 1 saturated carbocycles. The Hall–Kier alpha value is -5.17. The number of nitrogens with zero attached hydrogens (tertiary/aromatic N) is 7. The number of ketones is 1. The number of amides is 2. The minimum Gasteiger partial charge on any atom is -0.370 e. The van der Waals surface area contributed by atoms with Crippen molar-refractivity contribution in [3.63, 3.8) is 0 Å². The smallest absolute Gasteiger partial charge is 0.263 e. The number of benzene rings is 1. The number of imide groups is 1. The second kappa shape index (κ2) is 14.6. The monoisotopic (exact) mass is 731 g/mol. The largest absolute Gasteiger partial charge is 0.370 e. The average Bonchev–Trinajstić information content (AvgIpc) is 3.71. The van der Waals surface area contributed by atoms with Gasteiger partial charge in [0.2, 0.25) is 17.8 Å². The number of pyridine rings is 2. The van der Waals surface area contributed by atoms with Crippen LogP contribution in [0.2, 0.25) is 0 Å². The molecule has 13 heteroatoms. The van der Waals surface area contributed by atoms with E-state index in [0.717, 1.165) is 94.4 Å². The number of nitrogens with one attached hydrogen (secondary N) is 2. The van der Waals surface area contributed by atoms with Gasteiger partial charge in [-0.2, -0.15) is 4.98 Å². The van der Waals surface area contributed by atoms with Crippen molar-refractivity contribution in [2.75, 3.05) is 54.4 Å². The molecule has 3 aromatic heterocycles. The number of Topliss-reactive ketones (excluding diaryl/α,β-unsaturated/α-hetero) is 1. The van der Waals surface area contributed by atoms with E-state index in [2.05, 4.69) is 48.5 Å². The Bertz CT molecular complexity index is 2130. The first-order valence-electron chi connectivity index (χ1n) is 19.4. The first-order chi connectivity index (χ1) is 26.1. The van der Waals surface area contributed by atoms with Gasteiger partial charge in [-0.25, -0.2) is 9.97 Å². The van der Waals surface area contributed by atoms with Crippen molar-refractivity contribution in [1.29, 1.82) is 0 Å². The van der Waals surface area contributed by atoms with E-state index in [1.54, 1.807) is 17.7 Å². The Labute approximate surface area is 315 Å². The molecule has 4 fully saturated rings. The van der Waals surface area contributed by atoms with Gasteiger partial charge in [0.15, 0.2) is 5.78 Å². The van der Waals surface area contributed by atoms with E-state index in [9.17, 15) is 19.2 Å². The zero-order chi connectivity index (χ0) is 37.6. The summed E-state index contributed by atoms with van der Waals surface area (Å²) in [4.78, 5) is 71.8. The van der Waals surface area contributed by atoms with Crippen LogP contribution in [0.4, 0.5) is 23.1 Å². The lowest BCUT2D eigenvalue weighted by atomic mass is 9.75. The molecule has 54 heavy (non-hydrogen) atoms. The summed E-state index contributed by atoms with van der Waals surface area (Å²) in [5.41, 5.74) is 3.69. The van der Waals surface area contributed by atoms with Gasteiger partial charge in [-0.1, -0.05) is 25.0 Å². The van der Waals surface area contributed by atoms with E-state index in [-0.39, 0.29) is 34.8 Å². The SMILES string of the molecule is CC(=O)c1c(C)c2cnc(Nc3ccc(N4CCC(N5CCN(c6ccc([C@@]7(C)CCC(=O)NC7=O)cc6)CC5)CC4)cn3)nc2n(C2CCCC2)c1=O. The van der Waals surface area contributed by atoms with Gasteiger partial charge >= 0.3 is 0 Å². The number of fused-ring (bicyclic) bond motifs is 1. The summed E-state index contributed by atoms with van der Waals surface area (Å²) in [7, 11) is 0. The number of carbonyl (C=O) groups is 3. The lowest BCUT2D eigenvalue weighted by Gasteiger charge is -2.44. The molecule has 0 unspecified atom stereocenters. The molecule has 0 spiro atoms. The molecule has 3 aliphatic heterocycles. The lowest BCUT2D eigenvalue weighted by molar-refractivity contribution is -0.137. The Kier molecular flexibility index (Phi) is 9.67. The molecule has 8 rings (SSSR count). The number of piperidine rings is 2. The molecule has 13 nitrogen and oxygen atoms in total. The van der Waals surface area contributed by atoms with Crippen LogP contribution >= 0.6 is 0 Å². The fraction of sp³-hybridized carbons (Fsp3) is 0.488. The second-order valence-electron chi connectivity index (χ2n) is 15.6. The third kappa shape index (κ3) is 6.74. The third-order valence-corrected chi connectivity index (χ3v) is 12.4. The van der Waals surface area contributed by atoms with Crippen LogP contribution < -0.4 is 26.0 Å². The van der Waals surface area contributed by atoms with Crippen LogP contribution in [-0.4, -0.2) is 87.3 Å². The molecule has 0 radical (unpaired) electrons. The first kappa shape index (κ1) is 35.8. The number of hydrogen-bond donors (Lipinski definition) is 2. The van der Waals surface area contributed by atoms with Crippen molar-refractivity contribution in [3.8, 4) is 0 Å². The van der Waals surface area contributed by atoms with E-state index >= 15 is 0 Å². The summed E-state index contributed by atoms with van der Waals surface area (Å²) in [6.45, 7) is 11.1. The van der Waals surface area contributed by atoms with Gasteiger partial charge in [0.25, 0.3) is 5.56 Å². The number of anilines is 4. The minimum atomic E-state index is -0.673. The summed E-state index contributed by atoms with van der Waals surface area (Å²) >= 11 is 0. The average molecular weight is 732 g/mol.